The molecule has 1 N–H and O–H groups in total. The highest BCUT2D eigenvalue weighted by Crippen LogP contribution is 2.26. The van der Waals surface area contributed by atoms with Gasteiger partial charge in [0, 0.05) is 10.6 Å². The van der Waals surface area contributed by atoms with Gasteiger partial charge in [-0.15, -0.1) is 11.8 Å². The maximum Gasteiger partial charge on any atom is 0.256 e. The van der Waals surface area contributed by atoms with Crippen LogP contribution in [0.3, 0.4) is 0 Å². The van der Waals surface area contributed by atoms with Crippen LogP contribution < -0.4 is 5.32 Å². The SMILES string of the molecule is Cc1noc(CSc2ccccc2C(=O)Nc2ccc(F)cc2)n1. The van der Waals surface area contributed by atoms with Crippen molar-refractivity contribution in [1.82, 2.24) is 10.1 Å². The molecule has 0 saturated carbocycles. The monoisotopic (exact) mass is 343 g/mol. The molecule has 1 amide bonds. The second-order valence-electron chi connectivity index (χ2n) is 4.98. The largest absolute Gasteiger partial charge is 0.338 e. The number of aryl methyl sites for hydroxylation is 1. The van der Waals surface area contributed by atoms with E-state index in [4.69, 9.17) is 4.52 Å². The van der Waals surface area contributed by atoms with Crippen LogP contribution in [0, 0.1) is 12.7 Å². The topological polar surface area (TPSA) is 68.0 Å². The zero-order valence-electron chi connectivity index (χ0n) is 12.8. The lowest BCUT2D eigenvalue weighted by Crippen LogP contribution is -2.12. The van der Waals surface area contributed by atoms with Gasteiger partial charge in [0.25, 0.3) is 5.91 Å². The standard InChI is InChI=1S/C17H14FN3O2S/c1-11-19-16(23-21-11)10-24-15-5-3-2-4-14(15)17(22)20-13-8-6-12(18)7-9-13/h2-9H,10H2,1H3,(H,20,22). The summed E-state index contributed by atoms with van der Waals surface area (Å²) in [6.45, 7) is 1.75. The Hall–Kier alpha value is -2.67. The predicted octanol–water partition coefficient (Wildman–Crippen LogP) is 4.06. The lowest BCUT2D eigenvalue weighted by Gasteiger charge is -2.09. The number of hydrogen-bond acceptors (Lipinski definition) is 5. The Morgan fingerprint density at radius 1 is 1.21 bits per heavy atom. The summed E-state index contributed by atoms with van der Waals surface area (Å²) in [6.07, 6.45) is 0. The van der Waals surface area contributed by atoms with Gasteiger partial charge in [0.2, 0.25) is 5.89 Å². The second kappa shape index (κ2) is 7.27. The van der Waals surface area contributed by atoms with Crippen molar-refractivity contribution < 1.29 is 13.7 Å². The van der Waals surface area contributed by atoms with Crippen LogP contribution in [0.2, 0.25) is 0 Å². The first-order valence-corrected chi connectivity index (χ1v) is 8.18. The summed E-state index contributed by atoms with van der Waals surface area (Å²) in [5.41, 5.74) is 1.07. The quantitative estimate of drug-likeness (QED) is 0.708. The fourth-order valence-electron chi connectivity index (χ4n) is 2.05. The van der Waals surface area contributed by atoms with Crippen LogP contribution in [-0.4, -0.2) is 16.0 Å². The number of amides is 1. The molecular formula is C17H14FN3O2S. The second-order valence-corrected chi connectivity index (χ2v) is 6.00. The maximum atomic E-state index is 12.9. The molecule has 0 radical (unpaired) electrons. The molecule has 5 nitrogen and oxygen atoms in total. The highest BCUT2D eigenvalue weighted by atomic mass is 32.2. The minimum Gasteiger partial charge on any atom is -0.338 e. The molecule has 2 aromatic carbocycles. The minimum atomic E-state index is -0.348. The molecule has 24 heavy (non-hydrogen) atoms. The first kappa shape index (κ1) is 16.2. The first-order chi connectivity index (χ1) is 11.6. The van der Waals surface area contributed by atoms with Gasteiger partial charge >= 0.3 is 0 Å². The minimum absolute atomic E-state index is 0.258. The Morgan fingerprint density at radius 2 is 1.96 bits per heavy atom. The van der Waals surface area contributed by atoms with Crippen LogP contribution in [0.1, 0.15) is 22.1 Å². The number of rotatable bonds is 5. The van der Waals surface area contributed by atoms with Crippen molar-refractivity contribution >= 4 is 23.4 Å². The third kappa shape index (κ3) is 3.99. The van der Waals surface area contributed by atoms with Gasteiger partial charge in [-0.25, -0.2) is 4.39 Å². The summed E-state index contributed by atoms with van der Waals surface area (Å²) >= 11 is 1.44. The van der Waals surface area contributed by atoms with Crippen LogP contribution in [-0.2, 0) is 5.75 Å². The summed E-state index contributed by atoms with van der Waals surface area (Å²) in [7, 11) is 0. The van der Waals surface area contributed by atoms with Gasteiger partial charge in [-0.1, -0.05) is 17.3 Å². The average molecular weight is 343 g/mol. The molecule has 0 aliphatic heterocycles. The van der Waals surface area contributed by atoms with Gasteiger partial charge in [-0.3, -0.25) is 4.79 Å². The third-order valence-corrected chi connectivity index (χ3v) is 4.21. The molecule has 122 valence electrons. The number of carbonyl (C=O) groups is 1. The van der Waals surface area contributed by atoms with Crippen LogP contribution in [0.5, 0.6) is 0 Å². The van der Waals surface area contributed by atoms with E-state index in [0.717, 1.165) is 4.90 Å². The number of thioether (sulfide) groups is 1. The highest BCUT2D eigenvalue weighted by molar-refractivity contribution is 7.98. The van der Waals surface area contributed by atoms with E-state index in [-0.39, 0.29) is 11.7 Å². The molecule has 0 aliphatic rings. The molecule has 7 heteroatoms. The molecule has 0 unspecified atom stereocenters. The van der Waals surface area contributed by atoms with E-state index in [1.54, 1.807) is 19.1 Å². The number of anilines is 1. The molecule has 0 spiro atoms. The average Bonchev–Trinajstić information content (AvgIpc) is 3.01. The van der Waals surface area contributed by atoms with Crippen LogP contribution in [0.25, 0.3) is 0 Å². The van der Waals surface area contributed by atoms with Gasteiger partial charge in [0.15, 0.2) is 5.82 Å². The van der Waals surface area contributed by atoms with Crippen molar-refractivity contribution in [2.24, 2.45) is 0 Å². The van der Waals surface area contributed by atoms with Gasteiger partial charge < -0.3 is 9.84 Å². The number of aromatic nitrogens is 2. The van der Waals surface area contributed by atoms with E-state index in [1.165, 1.54) is 36.0 Å². The summed E-state index contributed by atoms with van der Waals surface area (Å²) in [5, 5.41) is 6.50. The van der Waals surface area contributed by atoms with E-state index >= 15 is 0 Å². The number of hydrogen-bond donors (Lipinski definition) is 1. The van der Waals surface area contributed by atoms with Crippen molar-refractivity contribution in [2.75, 3.05) is 5.32 Å². The number of halogens is 1. The summed E-state index contributed by atoms with van der Waals surface area (Å²) < 4.78 is 18.0. The maximum absolute atomic E-state index is 12.9. The number of nitrogens with one attached hydrogen (secondary N) is 1. The van der Waals surface area contributed by atoms with Gasteiger partial charge in [0.05, 0.1) is 11.3 Å². The van der Waals surface area contributed by atoms with Crippen molar-refractivity contribution in [3.63, 3.8) is 0 Å². The van der Waals surface area contributed by atoms with Crippen LogP contribution in [0.4, 0.5) is 10.1 Å². The van der Waals surface area contributed by atoms with E-state index in [9.17, 15) is 9.18 Å². The number of benzene rings is 2. The Balaban J connectivity index is 1.72. The molecule has 1 aromatic heterocycles. The van der Waals surface area contributed by atoms with Crippen molar-refractivity contribution in [2.45, 2.75) is 17.6 Å². The molecule has 0 fully saturated rings. The van der Waals surface area contributed by atoms with E-state index in [0.29, 0.717) is 28.7 Å². The normalized spacial score (nSPS) is 10.6. The van der Waals surface area contributed by atoms with Gasteiger partial charge in [0.1, 0.15) is 5.82 Å². The van der Waals surface area contributed by atoms with Crippen molar-refractivity contribution in [1.29, 1.82) is 0 Å². The Labute approximate surface area is 142 Å². The molecule has 0 saturated heterocycles. The Bertz CT molecular complexity index is 849. The van der Waals surface area contributed by atoms with Crippen LogP contribution in [0.15, 0.2) is 57.9 Å². The van der Waals surface area contributed by atoms with Gasteiger partial charge in [-0.05, 0) is 43.3 Å². The molecule has 3 aromatic rings. The van der Waals surface area contributed by atoms with E-state index in [1.807, 2.05) is 12.1 Å². The van der Waals surface area contributed by atoms with E-state index in [2.05, 4.69) is 15.5 Å². The van der Waals surface area contributed by atoms with Crippen molar-refractivity contribution in [3.05, 3.63) is 71.6 Å². The number of carbonyl (C=O) groups excluding carboxylic acids is 1. The molecule has 1 heterocycles. The first-order valence-electron chi connectivity index (χ1n) is 7.20. The summed E-state index contributed by atoms with van der Waals surface area (Å²) in [5.74, 6) is 0.950. The summed E-state index contributed by atoms with van der Waals surface area (Å²) in [4.78, 5) is 17.4. The van der Waals surface area contributed by atoms with E-state index < -0.39 is 0 Å². The predicted molar refractivity (Wildman–Crippen MR) is 89.4 cm³/mol. The molecular weight excluding hydrogens is 329 g/mol. The fourth-order valence-corrected chi connectivity index (χ4v) is 2.94. The van der Waals surface area contributed by atoms with Crippen LogP contribution >= 0.6 is 11.8 Å². The zero-order valence-corrected chi connectivity index (χ0v) is 13.6. The lowest BCUT2D eigenvalue weighted by atomic mass is 10.2. The third-order valence-electron chi connectivity index (χ3n) is 3.15. The molecule has 0 bridgehead atoms. The lowest BCUT2D eigenvalue weighted by molar-refractivity contribution is 0.102. The van der Waals surface area contributed by atoms with Crippen molar-refractivity contribution in [3.8, 4) is 0 Å². The Kier molecular flexibility index (Phi) is 4.90. The smallest absolute Gasteiger partial charge is 0.256 e. The summed E-state index contributed by atoms with van der Waals surface area (Å²) in [6, 6.07) is 12.9. The molecule has 0 aliphatic carbocycles. The molecule has 0 atom stereocenters. The fraction of sp³-hybridized carbons (Fsp3) is 0.118. The molecule has 3 rings (SSSR count). The number of nitrogens with zero attached hydrogens (tertiary/aromatic N) is 2. The van der Waals surface area contributed by atoms with Gasteiger partial charge in [-0.2, -0.15) is 4.98 Å². The highest BCUT2D eigenvalue weighted by Gasteiger charge is 2.13. The zero-order chi connectivity index (χ0) is 16.9. The Morgan fingerprint density at radius 3 is 2.67 bits per heavy atom.